The van der Waals surface area contributed by atoms with Crippen molar-refractivity contribution in [2.75, 3.05) is 23.4 Å². The van der Waals surface area contributed by atoms with Crippen LogP contribution in [0.25, 0.3) is 0 Å². The quantitative estimate of drug-likeness (QED) is 0.893. The second-order valence-electron chi connectivity index (χ2n) is 6.56. The van der Waals surface area contributed by atoms with Gasteiger partial charge in [0.15, 0.2) is 0 Å². The zero-order chi connectivity index (χ0) is 18.7. The summed E-state index contributed by atoms with van der Waals surface area (Å²) in [4.78, 5) is 27.0. The maximum absolute atomic E-state index is 12.7. The average molecular weight is 352 g/mol. The molecule has 5 nitrogen and oxygen atoms in total. The third-order valence-electron chi connectivity index (χ3n) is 4.65. The topological polar surface area (TPSA) is 58.6 Å². The van der Waals surface area contributed by atoms with Crippen molar-refractivity contribution in [3.8, 4) is 5.75 Å². The molecule has 1 fully saturated rings. The van der Waals surface area contributed by atoms with Gasteiger partial charge in [0.1, 0.15) is 5.75 Å². The van der Waals surface area contributed by atoms with E-state index < -0.39 is 0 Å². The van der Waals surface area contributed by atoms with E-state index in [0.29, 0.717) is 24.6 Å². The molecule has 26 heavy (non-hydrogen) atoms. The molecule has 1 aliphatic rings. The first-order chi connectivity index (χ1) is 12.5. The Balaban J connectivity index is 1.76. The molecule has 2 aromatic rings. The van der Waals surface area contributed by atoms with Crippen molar-refractivity contribution in [2.24, 2.45) is 5.92 Å². The second kappa shape index (κ2) is 7.60. The minimum Gasteiger partial charge on any atom is -0.492 e. The molecule has 1 atom stereocenters. The van der Waals surface area contributed by atoms with E-state index in [1.165, 1.54) is 0 Å². The molecular weight excluding hydrogens is 328 g/mol. The number of nitrogens with one attached hydrogen (secondary N) is 1. The van der Waals surface area contributed by atoms with Gasteiger partial charge in [-0.15, -0.1) is 0 Å². The molecule has 0 saturated carbocycles. The van der Waals surface area contributed by atoms with E-state index in [1.807, 2.05) is 63.2 Å². The van der Waals surface area contributed by atoms with Gasteiger partial charge in [0.2, 0.25) is 11.8 Å². The highest BCUT2D eigenvalue weighted by Crippen LogP contribution is 2.32. The summed E-state index contributed by atoms with van der Waals surface area (Å²) < 4.78 is 5.55. The van der Waals surface area contributed by atoms with E-state index in [0.717, 1.165) is 16.8 Å². The van der Waals surface area contributed by atoms with Crippen molar-refractivity contribution < 1.29 is 14.3 Å². The summed E-state index contributed by atoms with van der Waals surface area (Å²) in [5.41, 5.74) is 3.64. The lowest BCUT2D eigenvalue weighted by molar-refractivity contribution is -0.122. The molecule has 1 saturated heterocycles. The lowest BCUT2D eigenvalue weighted by atomic mass is 10.1. The number of para-hydroxylation sites is 3. The predicted molar refractivity (Wildman–Crippen MR) is 103 cm³/mol. The van der Waals surface area contributed by atoms with Crippen molar-refractivity contribution in [1.29, 1.82) is 0 Å². The number of anilines is 2. The minimum absolute atomic E-state index is 0.0133. The highest BCUT2D eigenvalue weighted by atomic mass is 16.5. The van der Waals surface area contributed by atoms with Gasteiger partial charge in [0, 0.05) is 18.7 Å². The van der Waals surface area contributed by atoms with Gasteiger partial charge in [-0.2, -0.15) is 0 Å². The molecule has 0 spiro atoms. The van der Waals surface area contributed by atoms with Gasteiger partial charge in [-0.3, -0.25) is 9.59 Å². The maximum atomic E-state index is 12.7. The van der Waals surface area contributed by atoms with E-state index in [-0.39, 0.29) is 24.2 Å². The fourth-order valence-corrected chi connectivity index (χ4v) is 3.42. The number of benzene rings is 2. The van der Waals surface area contributed by atoms with Gasteiger partial charge in [0.25, 0.3) is 0 Å². The molecule has 3 rings (SSSR count). The number of ether oxygens (including phenoxy) is 1. The average Bonchev–Trinajstić information content (AvgIpc) is 2.98. The van der Waals surface area contributed by atoms with Gasteiger partial charge in [-0.05, 0) is 44.0 Å². The van der Waals surface area contributed by atoms with E-state index in [4.69, 9.17) is 4.74 Å². The summed E-state index contributed by atoms with van der Waals surface area (Å²) >= 11 is 0. The first kappa shape index (κ1) is 18.0. The Labute approximate surface area is 154 Å². The number of nitrogens with zero attached hydrogens (tertiary/aromatic N) is 1. The van der Waals surface area contributed by atoms with Gasteiger partial charge in [-0.1, -0.05) is 30.3 Å². The van der Waals surface area contributed by atoms with Crippen LogP contribution in [0.4, 0.5) is 11.4 Å². The zero-order valence-electron chi connectivity index (χ0n) is 15.4. The standard InChI is InChI=1S/C21H24N2O3/c1-4-26-18-11-6-5-10-17(18)22-21(25)16-12-19(24)23(13-16)20-14(2)8-7-9-15(20)3/h5-11,16H,4,12-13H2,1-3H3,(H,22,25)/t16-/m1/s1. The van der Waals surface area contributed by atoms with Crippen molar-refractivity contribution in [3.63, 3.8) is 0 Å². The lowest BCUT2D eigenvalue weighted by Gasteiger charge is -2.21. The highest BCUT2D eigenvalue weighted by molar-refractivity contribution is 6.04. The number of hydrogen-bond donors (Lipinski definition) is 1. The van der Waals surface area contributed by atoms with Crippen LogP contribution in [0.2, 0.25) is 0 Å². The third kappa shape index (κ3) is 3.57. The molecule has 1 aliphatic heterocycles. The van der Waals surface area contributed by atoms with Gasteiger partial charge in [-0.25, -0.2) is 0 Å². The summed E-state index contributed by atoms with van der Waals surface area (Å²) in [5.74, 6) is 0.0929. The molecule has 0 unspecified atom stereocenters. The van der Waals surface area contributed by atoms with Crippen LogP contribution in [0.3, 0.4) is 0 Å². The fourth-order valence-electron chi connectivity index (χ4n) is 3.42. The van der Waals surface area contributed by atoms with Crippen LogP contribution in [-0.4, -0.2) is 25.0 Å². The maximum Gasteiger partial charge on any atom is 0.229 e. The molecule has 1 heterocycles. The molecule has 1 N–H and O–H groups in total. The van der Waals surface area contributed by atoms with E-state index in [2.05, 4.69) is 5.32 Å². The molecule has 5 heteroatoms. The van der Waals surface area contributed by atoms with E-state index >= 15 is 0 Å². The van der Waals surface area contributed by atoms with Crippen LogP contribution < -0.4 is 15.0 Å². The zero-order valence-corrected chi connectivity index (χ0v) is 15.4. The van der Waals surface area contributed by atoms with Crippen molar-refractivity contribution in [3.05, 3.63) is 53.6 Å². The molecule has 2 amide bonds. The SMILES string of the molecule is CCOc1ccccc1NC(=O)[C@@H]1CC(=O)N(c2c(C)cccc2C)C1. The number of aryl methyl sites for hydroxylation is 2. The molecule has 0 aliphatic carbocycles. The Morgan fingerprint density at radius 2 is 1.85 bits per heavy atom. The van der Waals surface area contributed by atoms with Crippen LogP contribution in [0, 0.1) is 19.8 Å². The van der Waals surface area contributed by atoms with Crippen molar-refractivity contribution in [2.45, 2.75) is 27.2 Å². The Kier molecular flexibility index (Phi) is 5.26. The summed E-state index contributed by atoms with van der Waals surface area (Å²) in [6.07, 6.45) is 0.219. The van der Waals surface area contributed by atoms with Gasteiger partial charge < -0.3 is 15.0 Å². The molecular formula is C21H24N2O3. The molecule has 0 aromatic heterocycles. The summed E-state index contributed by atoms with van der Waals surface area (Å²) in [7, 11) is 0. The van der Waals surface area contributed by atoms with E-state index in [9.17, 15) is 9.59 Å². The lowest BCUT2D eigenvalue weighted by Crippen LogP contribution is -2.29. The number of hydrogen-bond acceptors (Lipinski definition) is 3. The summed E-state index contributed by atoms with van der Waals surface area (Å²) in [6.45, 7) is 6.79. The Bertz CT molecular complexity index is 812. The minimum atomic E-state index is -0.379. The second-order valence-corrected chi connectivity index (χ2v) is 6.56. The fraction of sp³-hybridized carbons (Fsp3) is 0.333. The molecule has 0 radical (unpaired) electrons. The number of carbonyl (C=O) groups excluding carboxylic acids is 2. The van der Waals surface area contributed by atoms with Crippen LogP contribution in [0.15, 0.2) is 42.5 Å². The molecule has 136 valence electrons. The van der Waals surface area contributed by atoms with E-state index in [1.54, 1.807) is 4.90 Å². The first-order valence-electron chi connectivity index (χ1n) is 8.90. The Morgan fingerprint density at radius 1 is 1.15 bits per heavy atom. The Morgan fingerprint density at radius 3 is 2.54 bits per heavy atom. The summed E-state index contributed by atoms with van der Waals surface area (Å²) in [5, 5.41) is 2.92. The summed E-state index contributed by atoms with van der Waals surface area (Å²) in [6, 6.07) is 13.3. The number of amides is 2. The normalized spacial score (nSPS) is 16.7. The first-order valence-corrected chi connectivity index (χ1v) is 8.90. The van der Waals surface area contributed by atoms with Crippen LogP contribution in [0.5, 0.6) is 5.75 Å². The van der Waals surface area contributed by atoms with Gasteiger partial charge >= 0.3 is 0 Å². The molecule has 0 bridgehead atoms. The van der Waals surface area contributed by atoms with Crippen LogP contribution in [0.1, 0.15) is 24.5 Å². The highest BCUT2D eigenvalue weighted by Gasteiger charge is 2.36. The largest absolute Gasteiger partial charge is 0.492 e. The van der Waals surface area contributed by atoms with Gasteiger partial charge in [0.05, 0.1) is 18.2 Å². The monoisotopic (exact) mass is 352 g/mol. The number of rotatable bonds is 5. The van der Waals surface area contributed by atoms with Crippen molar-refractivity contribution >= 4 is 23.2 Å². The van der Waals surface area contributed by atoms with Crippen LogP contribution in [-0.2, 0) is 9.59 Å². The van der Waals surface area contributed by atoms with Crippen molar-refractivity contribution in [1.82, 2.24) is 0 Å². The van der Waals surface area contributed by atoms with Crippen LogP contribution >= 0.6 is 0 Å². The third-order valence-corrected chi connectivity index (χ3v) is 4.65. The number of carbonyl (C=O) groups is 2. The predicted octanol–water partition coefficient (Wildman–Crippen LogP) is 3.69. The Hall–Kier alpha value is -2.82. The smallest absolute Gasteiger partial charge is 0.229 e. The molecule has 2 aromatic carbocycles.